The van der Waals surface area contributed by atoms with Gasteiger partial charge in [0.15, 0.2) is 0 Å². The maximum atomic E-state index is 9.60. The van der Waals surface area contributed by atoms with Crippen LogP contribution in [0, 0.1) is 10.1 Å². The van der Waals surface area contributed by atoms with Crippen molar-refractivity contribution < 1.29 is 33.7 Å². The average Bonchev–Trinajstić information content (AvgIpc) is 2.73. The Morgan fingerprint density at radius 2 is 1.83 bits per heavy atom. The number of aldehydes is 1. The third-order valence-electron chi connectivity index (χ3n) is 3.65. The van der Waals surface area contributed by atoms with Crippen molar-refractivity contribution in [1.82, 2.24) is 5.32 Å². The summed E-state index contributed by atoms with van der Waals surface area (Å²) in [6.45, 7) is 6.18. The van der Waals surface area contributed by atoms with Gasteiger partial charge in [-0.15, -0.1) is 10.1 Å². The molecule has 1 aromatic rings. The molecule has 0 saturated carbocycles. The van der Waals surface area contributed by atoms with Crippen molar-refractivity contribution in [2.24, 2.45) is 0 Å². The van der Waals surface area contributed by atoms with E-state index in [9.17, 15) is 14.9 Å². The molecule has 0 heterocycles. The van der Waals surface area contributed by atoms with Gasteiger partial charge >= 0.3 is 0 Å². The van der Waals surface area contributed by atoms with Crippen LogP contribution in [0.3, 0.4) is 0 Å². The maximum Gasteiger partial charge on any atom is 0.294 e. The van der Waals surface area contributed by atoms with Crippen LogP contribution in [0.5, 0.6) is 5.75 Å². The van der Waals surface area contributed by atoms with Gasteiger partial charge in [-0.2, -0.15) is 0 Å². The fourth-order valence-corrected chi connectivity index (χ4v) is 2.04. The Labute approximate surface area is 177 Å². The van der Waals surface area contributed by atoms with Gasteiger partial charge in [-0.25, -0.2) is 0 Å². The van der Waals surface area contributed by atoms with Crippen molar-refractivity contribution >= 4 is 6.29 Å². The van der Waals surface area contributed by atoms with Gasteiger partial charge in [-0.05, 0) is 24.1 Å². The Kier molecular flexibility index (Phi) is 17.3. The third kappa shape index (κ3) is 16.7. The van der Waals surface area contributed by atoms with Gasteiger partial charge < -0.3 is 33.9 Å². The Morgan fingerprint density at radius 3 is 2.37 bits per heavy atom. The molecule has 0 saturated heterocycles. The van der Waals surface area contributed by atoms with E-state index >= 15 is 0 Å². The molecule has 0 aliphatic heterocycles. The Morgan fingerprint density at radius 1 is 1.13 bits per heavy atom. The summed E-state index contributed by atoms with van der Waals surface area (Å²) in [7, 11) is 3.43. The smallest absolute Gasteiger partial charge is 0.294 e. The molecule has 0 aliphatic carbocycles. The molecule has 0 bridgehead atoms. The first-order valence-corrected chi connectivity index (χ1v) is 9.68. The van der Waals surface area contributed by atoms with Crippen LogP contribution in [0.2, 0.25) is 0 Å². The summed E-state index contributed by atoms with van der Waals surface area (Å²) >= 11 is 0. The van der Waals surface area contributed by atoms with Crippen molar-refractivity contribution in [2.75, 3.05) is 53.8 Å². The maximum absolute atomic E-state index is 9.60. The lowest BCUT2D eigenvalue weighted by atomic mass is 10.1. The first-order valence-electron chi connectivity index (χ1n) is 9.68. The van der Waals surface area contributed by atoms with Crippen LogP contribution in [0.25, 0.3) is 0 Å². The molecule has 30 heavy (non-hydrogen) atoms. The van der Waals surface area contributed by atoms with Crippen molar-refractivity contribution in [2.45, 2.75) is 32.4 Å². The minimum Gasteiger partial charge on any atom is -0.491 e. The van der Waals surface area contributed by atoms with Gasteiger partial charge in [-0.1, -0.05) is 26.0 Å². The lowest BCUT2D eigenvalue weighted by Crippen LogP contribution is -2.36. The summed E-state index contributed by atoms with van der Waals surface area (Å²) < 4.78 is 20.7. The van der Waals surface area contributed by atoms with Gasteiger partial charge in [0.25, 0.3) is 5.09 Å². The molecule has 0 radical (unpaired) electrons. The number of nitrogens with one attached hydrogen (secondary N) is 1. The van der Waals surface area contributed by atoms with Crippen LogP contribution in [0.15, 0.2) is 24.3 Å². The molecule has 1 N–H and O–H groups in total. The van der Waals surface area contributed by atoms with E-state index in [-0.39, 0.29) is 25.9 Å². The van der Waals surface area contributed by atoms with Crippen LogP contribution in [-0.4, -0.2) is 77.3 Å². The summed E-state index contributed by atoms with van der Waals surface area (Å²) in [6, 6.07) is 8.58. The van der Waals surface area contributed by atoms with Crippen molar-refractivity contribution in [1.29, 1.82) is 0 Å². The summed E-state index contributed by atoms with van der Waals surface area (Å²) in [6.07, 6.45) is 1.55. The molecule has 0 amide bonds. The molecule has 0 aliphatic rings. The molecule has 10 heteroatoms. The quantitative estimate of drug-likeness (QED) is 0.181. The lowest BCUT2D eigenvalue weighted by molar-refractivity contribution is -0.758. The van der Waals surface area contributed by atoms with Gasteiger partial charge in [0.05, 0.1) is 13.2 Å². The number of nitrogens with zero attached hydrogens (tertiary/aromatic N) is 1. The van der Waals surface area contributed by atoms with Crippen LogP contribution in [0.4, 0.5) is 0 Å². The zero-order chi connectivity index (χ0) is 22.6. The number of hydrogen-bond donors (Lipinski definition) is 1. The van der Waals surface area contributed by atoms with Crippen LogP contribution < -0.4 is 10.1 Å². The Balaban J connectivity index is 0.000000710. The third-order valence-corrected chi connectivity index (χ3v) is 3.65. The zero-order valence-corrected chi connectivity index (χ0v) is 18.2. The van der Waals surface area contributed by atoms with Gasteiger partial charge in [0, 0.05) is 26.8 Å². The van der Waals surface area contributed by atoms with E-state index < -0.39 is 5.09 Å². The molecule has 172 valence electrons. The second-order valence-electron chi connectivity index (χ2n) is 6.42. The number of ether oxygens (including phenoxy) is 4. The molecule has 1 unspecified atom stereocenters. The molecule has 10 nitrogen and oxygen atoms in total. The number of hydrogen-bond acceptors (Lipinski definition) is 9. The largest absolute Gasteiger partial charge is 0.491 e. The highest BCUT2D eigenvalue weighted by atomic mass is 17.0. The highest BCUT2D eigenvalue weighted by Gasteiger charge is 2.09. The van der Waals surface area contributed by atoms with E-state index in [0.29, 0.717) is 18.9 Å². The average molecular weight is 430 g/mol. The van der Waals surface area contributed by atoms with Crippen molar-refractivity contribution in [3.8, 4) is 5.75 Å². The molecule has 0 spiro atoms. The minimum atomic E-state index is -0.912. The number of carbonyl (C=O) groups excluding carboxylic acids is 1. The molecule has 0 aromatic heterocycles. The molecule has 1 rings (SSSR count). The minimum absolute atomic E-state index is 0.0545. The summed E-state index contributed by atoms with van der Waals surface area (Å²) in [5.41, 5.74) is 1.25. The van der Waals surface area contributed by atoms with Gasteiger partial charge in [-0.3, -0.25) is 0 Å². The second kappa shape index (κ2) is 18.7. The first-order chi connectivity index (χ1) is 14.4. The number of benzene rings is 1. The zero-order valence-electron chi connectivity index (χ0n) is 18.2. The first kappa shape index (κ1) is 27.7. The predicted molar refractivity (Wildman–Crippen MR) is 111 cm³/mol. The van der Waals surface area contributed by atoms with Crippen LogP contribution in [0.1, 0.15) is 19.4 Å². The lowest BCUT2D eigenvalue weighted by Gasteiger charge is -2.18. The van der Waals surface area contributed by atoms with E-state index in [2.05, 4.69) is 40.9 Å². The SMILES string of the molecule is COCCc1ccc(OCC(CNC(C)C)OC)cc1.O=CCOCCO[N+](=O)[O-]. The van der Waals surface area contributed by atoms with Crippen LogP contribution >= 0.6 is 0 Å². The van der Waals surface area contributed by atoms with E-state index in [0.717, 1.165) is 25.3 Å². The summed E-state index contributed by atoms with van der Waals surface area (Å²) in [4.78, 5) is 23.0. The number of methoxy groups -OCH3 is 2. The summed E-state index contributed by atoms with van der Waals surface area (Å²) in [5.74, 6) is 0.873. The second-order valence-corrected chi connectivity index (χ2v) is 6.42. The van der Waals surface area contributed by atoms with E-state index in [1.54, 1.807) is 14.2 Å². The number of rotatable bonds is 16. The Bertz CT molecular complexity index is 554. The molecule has 1 atom stereocenters. The van der Waals surface area contributed by atoms with Crippen molar-refractivity contribution in [3.63, 3.8) is 0 Å². The Hall–Kier alpha value is -2.27. The monoisotopic (exact) mass is 430 g/mol. The van der Waals surface area contributed by atoms with Gasteiger partial charge in [0.1, 0.15) is 38.0 Å². The van der Waals surface area contributed by atoms with Crippen LogP contribution in [-0.2, 0) is 30.3 Å². The van der Waals surface area contributed by atoms with Crippen molar-refractivity contribution in [3.05, 3.63) is 39.9 Å². The standard InChI is InChI=1S/C16H27NO3.C4H7NO5/c1-13(2)17-11-16(19-4)12-20-15-7-5-14(6-8-15)9-10-18-3;6-1-2-9-3-4-10-5(7)8/h5-8,13,16-17H,9-12H2,1-4H3;1H,2-4H2. The van der Waals surface area contributed by atoms with E-state index in [1.807, 2.05) is 12.1 Å². The topological polar surface area (TPSA) is 118 Å². The fraction of sp³-hybridized carbons (Fsp3) is 0.650. The number of carbonyl (C=O) groups is 1. The van der Waals surface area contributed by atoms with E-state index in [1.165, 1.54) is 5.56 Å². The summed E-state index contributed by atoms with van der Waals surface area (Å²) in [5, 5.41) is 11.9. The highest BCUT2D eigenvalue weighted by Crippen LogP contribution is 2.13. The molecule has 1 aromatic carbocycles. The van der Waals surface area contributed by atoms with E-state index in [4.69, 9.17) is 14.2 Å². The fourth-order valence-electron chi connectivity index (χ4n) is 2.04. The highest BCUT2D eigenvalue weighted by molar-refractivity contribution is 5.50. The normalized spacial score (nSPS) is 11.4. The molecular weight excluding hydrogens is 396 g/mol. The van der Waals surface area contributed by atoms with Gasteiger partial charge in [0.2, 0.25) is 0 Å². The predicted octanol–water partition coefficient (Wildman–Crippen LogP) is 1.68. The molecule has 0 fully saturated rings. The molecular formula is C20H34N2O8.